The number of aryl methyl sites for hydroxylation is 1. The van der Waals surface area contributed by atoms with Crippen molar-refractivity contribution >= 4 is 11.8 Å². The molecular weight excluding hydrogens is 210 g/mol. The second-order valence-corrected chi connectivity index (χ2v) is 3.84. The fraction of sp³-hybridized carbons (Fsp3) is 0.364. The van der Waals surface area contributed by atoms with Gasteiger partial charge < -0.3 is 10.1 Å². The van der Waals surface area contributed by atoms with E-state index in [1.54, 1.807) is 0 Å². The summed E-state index contributed by atoms with van der Waals surface area (Å²) < 4.78 is 0. The van der Waals surface area contributed by atoms with E-state index in [-0.39, 0.29) is 11.3 Å². The summed E-state index contributed by atoms with van der Waals surface area (Å²) in [6.45, 7) is 0. The Morgan fingerprint density at radius 2 is 1.94 bits per heavy atom. The largest absolute Gasteiger partial charge is 0.477 e. The van der Waals surface area contributed by atoms with Crippen molar-refractivity contribution in [1.29, 1.82) is 0 Å². The average molecular weight is 221 g/mol. The smallest absolute Gasteiger partial charge is 0.341 e. The second-order valence-electron chi connectivity index (χ2n) is 3.84. The predicted octanol–water partition coefficient (Wildman–Crippen LogP) is 0.982. The monoisotopic (exact) mass is 221 g/mol. The number of hydrogen-bond acceptors (Lipinski definition) is 3. The molecule has 1 aromatic heterocycles. The van der Waals surface area contributed by atoms with Gasteiger partial charge in [0.05, 0.1) is 0 Å². The Balaban J connectivity index is 2.62. The molecule has 5 nitrogen and oxygen atoms in total. The first-order valence-electron chi connectivity index (χ1n) is 5.12. The molecule has 0 spiro atoms. The topological polar surface area (TPSA) is 87.2 Å². The van der Waals surface area contributed by atoms with E-state index in [1.165, 1.54) is 6.07 Å². The third-order valence-corrected chi connectivity index (χ3v) is 2.73. The van der Waals surface area contributed by atoms with Crippen LogP contribution >= 0.6 is 0 Å². The van der Waals surface area contributed by atoms with Crippen LogP contribution in [0.5, 0.6) is 0 Å². The Hall–Kier alpha value is -1.91. The van der Waals surface area contributed by atoms with Crippen molar-refractivity contribution in [1.82, 2.24) is 4.98 Å². The molecule has 0 radical (unpaired) electrons. The summed E-state index contributed by atoms with van der Waals surface area (Å²) in [6, 6.07) is 1.20. The molecular formula is C11H11NO4. The molecule has 1 aromatic rings. The quantitative estimate of drug-likeness (QED) is 0.692. The molecule has 0 aliphatic heterocycles. The number of rotatable bonds is 1. The minimum Gasteiger partial charge on any atom is -0.477 e. The first-order valence-corrected chi connectivity index (χ1v) is 5.12. The van der Waals surface area contributed by atoms with E-state index in [4.69, 9.17) is 5.11 Å². The van der Waals surface area contributed by atoms with Crippen LogP contribution in [0.15, 0.2) is 10.9 Å². The number of pyridine rings is 1. The first-order chi connectivity index (χ1) is 7.59. The standard InChI is InChI=1S/C11H11NO4/c13-9-4-2-1-3-8-6(9)5-7(11(15)16)10(14)12-8/h5H,1-4H2,(H,12,14)(H,15,16). The van der Waals surface area contributed by atoms with Gasteiger partial charge in [0.2, 0.25) is 0 Å². The average Bonchev–Trinajstić information content (AvgIpc) is 2.39. The van der Waals surface area contributed by atoms with E-state index in [0.717, 1.165) is 12.8 Å². The molecule has 16 heavy (non-hydrogen) atoms. The molecule has 0 amide bonds. The van der Waals surface area contributed by atoms with E-state index in [1.807, 2.05) is 0 Å². The van der Waals surface area contributed by atoms with E-state index in [0.29, 0.717) is 24.1 Å². The molecule has 0 saturated carbocycles. The van der Waals surface area contributed by atoms with Gasteiger partial charge in [-0.3, -0.25) is 9.59 Å². The summed E-state index contributed by atoms with van der Waals surface area (Å²) in [5.74, 6) is -1.40. The van der Waals surface area contributed by atoms with Gasteiger partial charge in [-0.2, -0.15) is 0 Å². The number of nitrogens with one attached hydrogen (secondary N) is 1. The van der Waals surface area contributed by atoms with Gasteiger partial charge in [-0.1, -0.05) is 0 Å². The van der Waals surface area contributed by atoms with E-state index in [2.05, 4.69) is 4.98 Å². The maximum absolute atomic E-state index is 11.7. The highest BCUT2D eigenvalue weighted by Gasteiger charge is 2.20. The second kappa shape index (κ2) is 3.92. The molecule has 0 fully saturated rings. The Kier molecular flexibility index (Phi) is 2.60. The minimum atomic E-state index is -1.30. The molecule has 2 N–H and O–H groups in total. The molecule has 2 rings (SSSR count). The number of fused-ring (bicyclic) bond motifs is 1. The van der Waals surface area contributed by atoms with Gasteiger partial charge in [-0.05, 0) is 25.3 Å². The first kappa shape index (κ1) is 10.6. The van der Waals surface area contributed by atoms with Crippen molar-refractivity contribution in [2.75, 3.05) is 0 Å². The third kappa shape index (κ3) is 1.76. The highest BCUT2D eigenvalue weighted by atomic mass is 16.4. The minimum absolute atomic E-state index is 0.0914. The lowest BCUT2D eigenvalue weighted by molar-refractivity contribution is 0.0695. The number of carbonyl (C=O) groups excluding carboxylic acids is 1. The van der Waals surface area contributed by atoms with Crippen molar-refractivity contribution in [2.24, 2.45) is 0 Å². The van der Waals surface area contributed by atoms with Gasteiger partial charge in [0, 0.05) is 17.7 Å². The summed E-state index contributed by atoms with van der Waals surface area (Å²) in [5, 5.41) is 8.79. The summed E-state index contributed by atoms with van der Waals surface area (Å²) in [5.41, 5.74) is -0.0815. The molecule has 1 aliphatic rings. The molecule has 5 heteroatoms. The highest BCUT2D eigenvalue weighted by molar-refractivity contribution is 5.99. The summed E-state index contributed by atoms with van der Waals surface area (Å²) >= 11 is 0. The number of ketones is 1. The zero-order chi connectivity index (χ0) is 11.7. The Labute approximate surface area is 91.1 Å². The van der Waals surface area contributed by atoms with E-state index in [9.17, 15) is 14.4 Å². The number of aromatic nitrogens is 1. The lowest BCUT2D eigenvalue weighted by atomic mass is 10.1. The Morgan fingerprint density at radius 3 is 2.62 bits per heavy atom. The number of carboxylic acids is 1. The van der Waals surface area contributed by atoms with Gasteiger partial charge in [0.25, 0.3) is 5.56 Å². The van der Waals surface area contributed by atoms with Crippen molar-refractivity contribution in [3.05, 3.63) is 33.2 Å². The maximum Gasteiger partial charge on any atom is 0.341 e. The number of aromatic amines is 1. The fourth-order valence-electron chi connectivity index (χ4n) is 1.90. The number of aromatic carboxylic acids is 1. The molecule has 0 aromatic carbocycles. The number of hydrogen-bond donors (Lipinski definition) is 2. The molecule has 84 valence electrons. The van der Waals surface area contributed by atoms with Crippen LogP contribution in [0.3, 0.4) is 0 Å². The third-order valence-electron chi connectivity index (χ3n) is 2.73. The van der Waals surface area contributed by atoms with Crippen LogP contribution in [-0.4, -0.2) is 21.8 Å². The molecule has 0 bridgehead atoms. The van der Waals surface area contributed by atoms with Gasteiger partial charge in [0.15, 0.2) is 5.78 Å². The lowest BCUT2D eigenvalue weighted by Crippen LogP contribution is -2.21. The zero-order valence-corrected chi connectivity index (χ0v) is 8.58. The summed E-state index contributed by atoms with van der Waals surface area (Å²) in [4.78, 5) is 36.3. The van der Waals surface area contributed by atoms with Crippen LogP contribution in [0.4, 0.5) is 0 Å². The van der Waals surface area contributed by atoms with Crippen LogP contribution < -0.4 is 5.56 Å². The molecule has 1 aliphatic carbocycles. The van der Waals surface area contributed by atoms with Crippen molar-refractivity contribution in [3.63, 3.8) is 0 Å². The fourth-order valence-corrected chi connectivity index (χ4v) is 1.90. The number of H-pyrrole nitrogens is 1. The van der Waals surface area contributed by atoms with Crippen LogP contribution in [0, 0.1) is 0 Å². The van der Waals surface area contributed by atoms with Crippen molar-refractivity contribution < 1.29 is 14.7 Å². The number of carbonyl (C=O) groups is 2. The molecule has 1 heterocycles. The SMILES string of the molecule is O=C1CCCCc2[nH]c(=O)c(C(=O)O)cc21. The maximum atomic E-state index is 11.7. The summed E-state index contributed by atoms with van der Waals surface area (Å²) in [6.07, 6.45) is 2.65. The van der Waals surface area contributed by atoms with Crippen LogP contribution in [0.25, 0.3) is 0 Å². The number of carboxylic acid groups (broad SMARTS) is 1. The van der Waals surface area contributed by atoms with Gasteiger partial charge in [-0.15, -0.1) is 0 Å². The van der Waals surface area contributed by atoms with Gasteiger partial charge in [-0.25, -0.2) is 4.79 Å². The molecule has 0 unspecified atom stereocenters. The summed E-state index contributed by atoms with van der Waals surface area (Å²) in [7, 11) is 0. The zero-order valence-electron chi connectivity index (χ0n) is 8.58. The molecule has 0 atom stereocenters. The van der Waals surface area contributed by atoms with Crippen molar-refractivity contribution in [2.45, 2.75) is 25.7 Å². The van der Waals surface area contributed by atoms with Crippen LogP contribution in [-0.2, 0) is 6.42 Å². The van der Waals surface area contributed by atoms with Crippen LogP contribution in [0.2, 0.25) is 0 Å². The van der Waals surface area contributed by atoms with E-state index >= 15 is 0 Å². The molecule has 0 saturated heterocycles. The number of Topliss-reactive ketones (excluding diaryl/α,β-unsaturated/α-hetero) is 1. The lowest BCUT2D eigenvalue weighted by Gasteiger charge is -2.04. The van der Waals surface area contributed by atoms with E-state index < -0.39 is 11.5 Å². The Morgan fingerprint density at radius 1 is 1.25 bits per heavy atom. The Bertz CT molecular complexity index is 515. The van der Waals surface area contributed by atoms with Crippen molar-refractivity contribution in [3.8, 4) is 0 Å². The van der Waals surface area contributed by atoms with Gasteiger partial charge >= 0.3 is 5.97 Å². The normalized spacial score (nSPS) is 15.4. The van der Waals surface area contributed by atoms with Crippen LogP contribution in [0.1, 0.15) is 45.7 Å². The predicted molar refractivity (Wildman–Crippen MR) is 55.9 cm³/mol. The highest BCUT2D eigenvalue weighted by Crippen LogP contribution is 2.18. The van der Waals surface area contributed by atoms with Gasteiger partial charge in [0.1, 0.15) is 5.56 Å².